The number of nitriles is 1. The average molecular weight is 393 g/mol. The molecule has 0 aromatic heterocycles. The molecule has 0 aliphatic carbocycles. The monoisotopic (exact) mass is 393 g/mol. The Morgan fingerprint density at radius 1 is 1.21 bits per heavy atom. The molecule has 29 heavy (non-hydrogen) atoms. The van der Waals surface area contributed by atoms with Crippen LogP contribution in [0.4, 0.5) is 5.69 Å². The summed E-state index contributed by atoms with van der Waals surface area (Å²) >= 11 is 0. The molecule has 6 nitrogen and oxygen atoms in total. The van der Waals surface area contributed by atoms with Gasteiger partial charge in [-0.2, -0.15) is 5.26 Å². The van der Waals surface area contributed by atoms with Crippen LogP contribution in [0.1, 0.15) is 28.8 Å². The van der Waals surface area contributed by atoms with Crippen molar-refractivity contribution in [1.29, 1.82) is 5.26 Å². The fourth-order valence-electron chi connectivity index (χ4n) is 3.53. The van der Waals surface area contributed by atoms with E-state index in [1.54, 1.807) is 25.3 Å². The molecule has 1 saturated heterocycles. The Morgan fingerprint density at radius 2 is 1.97 bits per heavy atom. The first-order chi connectivity index (χ1) is 14.0. The molecule has 0 N–H and O–H groups in total. The summed E-state index contributed by atoms with van der Waals surface area (Å²) in [5.74, 6) is 1.49. The summed E-state index contributed by atoms with van der Waals surface area (Å²) in [5, 5.41) is 9.01. The van der Waals surface area contributed by atoms with Crippen LogP contribution in [0.15, 0.2) is 42.5 Å². The van der Waals surface area contributed by atoms with Gasteiger partial charge >= 0.3 is 0 Å². The second-order valence-corrected chi connectivity index (χ2v) is 7.49. The number of nitrogens with zero attached hydrogens (tertiary/aromatic N) is 3. The Balaban J connectivity index is 1.60. The Labute approximate surface area is 172 Å². The number of carbonyl (C=O) groups excluding carboxylic acids is 1. The van der Waals surface area contributed by atoms with Gasteiger partial charge in [0, 0.05) is 50.4 Å². The summed E-state index contributed by atoms with van der Waals surface area (Å²) in [5.41, 5.74) is 2.32. The summed E-state index contributed by atoms with van der Waals surface area (Å²) in [4.78, 5) is 16.8. The first-order valence-corrected chi connectivity index (χ1v) is 9.79. The summed E-state index contributed by atoms with van der Waals surface area (Å²) < 4.78 is 11.3. The van der Waals surface area contributed by atoms with E-state index in [0.717, 1.165) is 25.1 Å². The minimum Gasteiger partial charge on any atom is -0.493 e. The Bertz CT molecular complexity index is 887. The number of carbonyl (C=O) groups is 1. The van der Waals surface area contributed by atoms with Crippen LogP contribution >= 0.6 is 0 Å². The van der Waals surface area contributed by atoms with Crippen molar-refractivity contribution in [1.82, 2.24) is 4.90 Å². The molecule has 1 amide bonds. The lowest BCUT2D eigenvalue weighted by atomic mass is 9.98. The number of piperidine rings is 1. The molecule has 0 saturated carbocycles. The highest BCUT2D eigenvalue weighted by atomic mass is 16.5. The number of methoxy groups -OCH3 is 1. The predicted octanol–water partition coefficient (Wildman–Crippen LogP) is 3.56. The van der Waals surface area contributed by atoms with E-state index >= 15 is 0 Å². The molecule has 1 fully saturated rings. The maximum atomic E-state index is 12.9. The summed E-state index contributed by atoms with van der Waals surface area (Å²) in [6, 6.07) is 15.0. The van der Waals surface area contributed by atoms with Gasteiger partial charge in [-0.15, -0.1) is 0 Å². The number of hydrogen-bond donors (Lipinski definition) is 0. The van der Waals surface area contributed by atoms with Gasteiger partial charge in [0.15, 0.2) is 11.5 Å². The lowest BCUT2D eigenvalue weighted by Crippen LogP contribution is -2.41. The summed E-state index contributed by atoms with van der Waals surface area (Å²) in [6.07, 6.45) is 1.97. The van der Waals surface area contributed by atoms with Crippen molar-refractivity contribution in [3.63, 3.8) is 0 Å². The number of rotatable bonds is 6. The van der Waals surface area contributed by atoms with Crippen molar-refractivity contribution in [2.45, 2.75) is 12.8 Å². The van der Waals surface area contributed by atoms with E-state index in [9.17, 15) is 4.79 Å². The minimum absolute atomic E-state index is 0.0657. The Kier molecular flexibility index (Phi) is 6.61. The molecule has 0 radical (unpaired) electrons. The fourth-order valence-corrected chi connectivity index (χ4v) is 3.53. The van der Waals surface area contributed by atoms with Crippen molar-refractivity contribution in [2.75, 3.05) is 45.8 Å². The number of benzene rings is 2. The van der Waals surface area contributed by atoms with Gasteiger partial charge in [0.25, 0.3) is 5.91 Å². The molecule has 2 aromatic carbocycles. The second kappa shape index (κ2) is 9.33. The molecular weight excluding hydrogens is 366 g/mol. The van der Waals surface area contributed by atoms with Gasteiger partial charge in [0.05, 0.1) is 25.3 Å². The van der Waals surface area contributed by atoms with E-state index in [0.29, 0.717) is 35.8 Å². The number of ether oxygens (including phenoxy) is 2. The van der Waals surface area contributed by atoms with Crippen LogP contribution in [0, 0.1) is 17.2 Å². The van der Waals surface area contributed by atoms with Crippen LogP contribution in [0.25, 0.3) is 0 Å². The number of likely N-dealkylation sites (tertiary alicyclic amines) is 1. The number of hydrogen-bond acceptors (Lipinski definition) is 5. The smallest absolute Gasteiger partial charge is 0.253 e. The van der Waals surface area contributed by atoms with Crippen molar-refractivity contribution < 1.29 is 14.3 Å². The second-order valence-electron chi connectivity index (χ2n) is 7.49. The maximum Gasteiger partial charge on any atom is 0.253 e. The van der Waals surface area contributed by atoms with Crippen LogP contribution < -0.4 is 14.4 Å². The van der Waals surface area contributed by atoms with Gasteiger partial charge in [-0.05, 0) is 49.2 Å². The van der Waals surface area contributed by atoms with E-state index in [1.165, 1.54) is 0 Å². The summed E-state index contributed by atoms with van der Waals surface area (Å²) in [6.45, 7) is 1.95. The van der Waals surface area contributed by atoms with Crippen LogP contribution in [0.3, 0.4) is 0 Å². The van der Waals surface area contributed by atoms with Gasteiger partial charge < -0.3 is 19.3 Å². The maximum absolute atomic E-state index is 12.9. The van der Waals surface area contributed by atoms with E-state index in [2.05, 4.69) is 6.07 Å². The van der Waals surface area contributed by atoms with E-state index in [1.807, 2.05) is 48.2 Å². The number of anilines is 1. The van der Waals surface area contributed by atoms with Crippen LogP contribution in [-0.2, 0) is 0 Å². The fraction of sp³-hybridized carbons (Fsp3) is 0.391. The van der Waals surface area contributed by atoms with Crippen molar-refractivity contribution in [3.8, 4) is 17.6 Å². The molecule has 3 rings (SSSR count). The van der Waals surface area contributed by atoms with Crippen LogP contribution in [-0.4, -0.2) is 51.7 Å². The highest BCUT2D eigenvalue weighted by Gasteiger charge is 2.25. The molecule has 6 heteroatoms. The topological polar surface area (TPSA) is 65.8 Å². The van der Waals surface area contributed by atoms with Gasteiger partial charge in [0.2, 0.25) is 0 Å². The third-order valence-corrected chi connectivity index (χ3v) is 5.20. The molecule has 0 spiro atoms. The SMILES string of the molecule is COc1cc(C#N)ccc1OCC1CCCN(C(=O)c2ccc(N(C)C)cc2)C1. The molecule has 1 aliphatic heterocycles. The standard InChI is InChI=1S/C23H27N3O3/c1-25(2)20-9-7-19(8-10-20)23(27)26-12-4-5-18(15-26)16-29-21-11-6-17(14-24)13-22(21)28-3/h6-11,13,18H,4-5,12,15-16H2,1-3H3. The molecule has 0 bridgehead atoms. The third-order valence-electron chi connectivity index (χ3n) is 5.20. The summed E-state index contributed by atoms with van der Waals surface area (Å²) in [7, 11) is 5.52. The number of amides is 1. The molecule has 1 aliphatic rings. The highest BCUT2D eigenvalue weighted by molar-refractivity contribution is 5.94. The third kappa shape index (κ3) is 5.00. The first kappa shape index (κ1) is 20.5. The van der Waals surface area contributed by atoms with Crippen LogP contribution in [0.5, 0.6) is 11.5 Å². The molecule has 1 unspecified atom stereocenters. The van der Waals surface area contributed by atoms with Crippen molar-refractivity contribution in [3.05, 3.63) is 53.6 Å². The largest absolute Gasteiger partial charge is 0.493 e. The zero-order valence-corrected chi connectivity index (χ0v) is 17.2. The molecule has 1 atom stereocenters. The average Bonchev–Trinajstić information content (AvgIpc) is 2.77. The zero-order valence-electron chi connectivity index (χ0n) is 17.2. The molecule has 1 heterocycles. The molecule has 152 valence electrons. The van der Waals surface area contributed by atoms with Crippen molar-refractivity contribution >= 4 is 11.6 Å². The van der Waals surface area contributed by atoms with E-state index < -0.39 is 0 Å². The predicted molar refractivity (Wildman–Crippen MR) is 113 cm³/mol. The van der Waals surface area contributed by atoms with Crippen LogP contribution in [0.2, 0.25) is 0 Å². The van der Waals surface area contributed by atoms with E-state index in [-0.39, 0.29) is 11.8 Å². The molecular formula is C23H27N3O3. The minimum atomic E-state index is 0.0657. The normalized spacial score (nSPS) is 16.1. The Morgan fingerprint density at radius 3 is 2.62 bits per heavy atom. The Hall–Kier alpha value is -3.20. The first-order valence-electron chi connectivity index (χ1n) is 9.79. The lowest BCUT2D eigenvalue weighted by molar-refractivity contribution is 0.0632. The highest BCUT2D eigenvalue weighted by Crippen LogP contribution is 2.29. The van der Waals surface area contributed by atoms with Gasteiger partial charge in [-0.1, -0.05) is 0 Å². The molecule has 2 aromatic rings. The van der Waals surface area contributed by atoms with Gasteiger partial charge in [0.1, 0.15) is 0 Å². The quantitative estimate of drug-likeness (QED) is 0.751. The zero-order chi connectivity index (χ0) is 20.8. The van der Waals surface area contributed by atoms with Crippen molar-refractivity contribution in [2.24, 2.45) is 5.92 Å². The van der Waals surface area contributed by atoms with E-state index in [4.69, 9.17) is 14.7 Å². The lowest BCUT2D eigenvalue weighted by Gasteiger charge is -2.33. The van der Waals surface area contributed by atoms with Gasteiger partial charge in [-0.25, -0.2) is 0 Å². The van der Waals surface area contributed by atoms with Gasteiger partial charge in [-0.3, -0.25) is 4.79 Å².